The van der Waals surface area contributed by atoms with Crippen LogP contribution in [0.4, 0.5) is 0 Å². The monoisotopic (exact) mass is 262 g/mol. The molecule has 0 atom stereocenters. The molecule has 0 aromatic heterocycles. The zero-order valence-corrected chi connectivity index (χ0v) is 11.1. The summed E-state index contributed by atoms with van der Waals surface area (Å²) in [6.07, 6.45) is 6.23. The number of rotatable bonds is 1. The van der Waals surface area contributed by atoms with Crippen molar-refractivity contribution < 1.29 is 9.33 Å². The minimum atomic E-state index is 0.414. The Labute approximate surface area is 113 Å². The SMILES string of the molecule is N=C=NC1=NC(C2CCCCC2)=N[N+]12CCOCC2. The van der Waals surface area contributed by atoms with Crippen LogP contribution in [-0.4, -0.2) is 48.7 Å². The lowest BCUT2D eigenvalue weighted by Crippen LogP contribution is -2.53. The number of nitrogens with one attached hydrogen (secondary N) is 1. The minimum Gasteiger partial charge on any atom is -0.370 e. The van der Waals surface area contributed by atoms with Crippen molar-refractivity contribution in [2.45, 2.75) is 32.1 Å². The Morgan fingerprint density at radius 3 is 2.63 bits per heavy atom. The third-order valence-corrected chi connectivity index (χ3v) is 4.22. The maximum atomic E-state index is 7.09. The minimum absolute atomic E-state index is 0.414. The van der Waals surface area contributed by atoms with Crippen LogP contribution >= 0.6 is 0 Å². The second-order valence-electron chi connectivity index (χ2n) is 5.41. The Bertz CT molecular complexity index is 452. The lowest BCUT2D eigenvalue weighted by molar-refractivity contribution is -0.855. The summed E-state index contributed by atoms with van der Waals surface area (Å²) in [4.78, 5) is 8.63. The molecule has 2 heterocycles. The molecule has 0 unspecified atom stereocenters. The number of hydrogen-bond acceptors (Lipinski definition) is 5. The predicted molar refractivity (Wildman–Crippen MR) is 72.4 cm³/mol. The highest BCUT2D eigenvalue weighted by molar-refractivity contribution is 5.99. The van der Waals surface area contributed by atoms with Gasteiger partial charge in [0.25, 0.3) is 0 Å². The van der Waals surface area contributed by atoms with Gasteiger partial charge in [0.15, 0.2) is 5.84 Å². The summed E-state index contributed by atoms with van der Waals surface area (Å²) in [6, 6.07) is 2.12. The average Bonchev–Trinajstić information content (AvgIpc) is 2.80. The van der Waals surface area contributed by atoms with Gasteiger partial charge in [0, 0.05) is 5.92 Å². The highest BCUT2D eigenvalue weighted by atomic mass is 16.5. The normalized spacial score (nSPS) is 26.7. The van der Waals surface area contributed by atoms with Gasteiger partial charge >= 0.3 is 5.96 Å². The standard InChI is InChI=1S/C13H20N5O/c14-10-15-13-16-12(11-4-2-1-3-5-11)17-18(13)6-8-19-9-7-18/h11,14H,1-9H2/q+1. The van der Waals surface area contributed by atoms with Gasteiger partial charge in [0.2, 0.25) is 0 Å². The lowest BCUT2D eigenvalue weighted by atomic mass is 9.88. The third kappa shape index (κ3) is 2.39. The van der Waals surface area contributed by atoms with Crippen LogP contribution in [0.15, 0.2) is 15.1 Å². The van der Waals surface area contributed by atoms with Gasteiger partial charge in [-0.1, -0.05) is 24.4 Å². The van der Waals surface area contributed by atoms with Gasteiger partial charge in [-0.3, -0.25) is 0 Å². The molecule has 2 fully saturated rings. The summed E-state index contributed by atoms with van der Waals surface area (Å²) in [5.41, 5.74) is 0. The van der Waals surface area contributed by atoms with E-state index in [4.69, 9.17) is 15.2 Å². The van der Waals surface area contributed by atoms with E-state index in [1.165, 1.54) is 32.1 Å². The fourth-order valence-corrected chi connectivity index (χ4v) is 3.11. The first kappa shape index (κ1) is 12.7. The van der Waals surface area contributed by atoms with E-state index in [0.717, 1.165) is 18.9 Å². The third-order valence-electron chi connectivity index (χ3n) is 4.22. The molecule has 6 heteroatoms. The van der Waals surface area contributed by atoms with Gasteiger partial charge in [0.05, 0.1) is 19.2 Å². The Morgan fingerprint density at radius 1 is 1.21 bits per heavy atom. The summed E-state index contributed by atoms with van der Waals surface area (Å²) in [5, 5.41) is 11.9. The smallest absolute Gasteiger partial charge is 0.367 e. The molecule has 0 aromatic carbocycles. The molecule has 1 saturated heterocycles. The van der Waals surface area contributed by atoms with Crippen molar-refractivity contribution in [3.8, 4) is 0 Å². The van der Waals surface area contributed by atoms with E-state index >= 15 is 0 Å². The molecular weight excluding hydrogens is 242 g/mol. The topological polar surface area (TPSA) is 70.2 Å². The summed E-state index contributed by atoms with van der Waals surface area (Å²) in [5.74, 6) is 2.04. The van der Waals surface area contributed by atoms with Crippen molar-refractivity contribution in [1.82, 2.24) is 0 Å². The van der Waals surface area contributed by atoms with Crippen LogP contribution in [0.5, 0.6) is 0 Å². The maximum absolute atomic E-state index is 7.09. The molecule has 0 amide bonds. The molecular formula is C13H20N5O+. The lowest BCUT2D eigenvalue weighted by Gasteiger charge is -2.30. The van der Waals surface area contributed by atoms with Crippen molar-refractivity contribution >= 4 is 17.8 Å². The number of amidine groups is 1. The fourth-order valence-electron chi connectivity index (χ4n) is 3.11. The van der Waals surface area contributed by atoms with Crippen molar-refractivity contribution in [2.75, 3.05) is 26.3 Å². The zero-order chi connectivity index (χ0) is 13.1. The van der Waals surface area contributed by atoms with Gasteiger partial charge in [-0.25, -0.2) is 5.41 Å². The molecule has 1 saturated carbocycles. The van der Waals surface area contributed by atoms with Gasteiger partial charge in [-0.05, 0) is 12.8 Å². The van der Waals surface area contributed by atoms with Crippen molar-refractivity contribution in [3.63, 3.8) is 0 Å². The van der Waals surface area contributed by atoms with Crippen LogP contribution in [0, 0.1) is 11.3 Å². The molecule has 2 aliphatic heterocycles. The highest BCUT2D eigenvalue weighted by Gasteiger charge is 2.44. The molecule has 0 bridgehead atoms. The first-order valence-corrected chi connectivity index (χ1v) is 7.11. The van der Waals surface area contributed by atoms with Crippen LogP contribution < -0.4 is 0 Å². The molecule has 1 spiro atoms. The van der Waals surface area contributed by atoms with Gasteiger partial charge < -0.3 is 4.74 Å². The van der Waals surface area contributed by atoms with E-state index in [-0.39, 0.29) is 0 Å². The molecule has 6 nitrogen and oxygen atoms in total. The number of hydrogen-bond donors (Lipinski definition) is 1. The van der Waals surface area contributed by atoms with Crippen LogP contribution in [-0.2, 0) is 4.74 Å². The van der Waals surface area contributed by atoms with E-state index in [0.29, 0.717) is 29.7 Å². The summed E-state index contributed by atoms with van der Waals surface area (Å²) >= 11 is 0. The molecule has 0 aromatic rings. The molecule has 3 rings (SSSR count). The predicted octanol–water partition coefficient (Wildman–Crippen LogP) is 1.85. The average molecular weight is 262 g/mol. The Kier molecular flexibility index (Phi) is 3.55. The van der Waals surface area contributed by atoms with Crippen LogP contribution in [0.25, 0.3) is 0 Å². The quantitative estimate of drug-likeness (QED) is 0.568. The van der Waals surface area contributed by atoms with Crippen molar-refractivity contribution in [1.29, 1.82) is 5.41 Å². The van der Waals surface area contributed by atoms with E-state index in [1.54, 1.807) is 0 Å². The largest absolute Gasteiger partial charge is 0.370 e. The molecule has 19 heavy (non-hydrogen) atoms. The molecule has 0 radical (unpaired) electrons. The van der Waals surface area contributed by atoms with E-state index < -0.39 is 0 Å². The van der Waals surface area contributed by atoms with Crippen LogP contribution in [0.3, 0.4) is 0 Å². The summed E-state index contributed by atoms with van der Waals surface area (Å²) in [6.45, 7) is 2.88. The number of nitrogens with zero attached hydrogens (tertiary/aromatic N) is 4. The van der Waals surface area contributed by atoms with E-state index in [9.17, 15) is 0 Å². The Morgan fingerprint density at radius 2 is 1.95 bits per heavy atom. The number of ether oxygens (including phenoxy) is 1. The summed E-state index contributed by atoms with van der Waals surface area (Å²) in [7, 11) is 0. The van der Waals surface area contributed by atoms with Crippen LogP contribution in [0.1, 0.15) is 32.1 Å². The van der Waals surface area contributed by atoms with E-state index in [1.807, 2.05) is 0 Å². The van der Waals surface area contributed by atoms with Gasteiger partial charge in [-0.2, -0.15) is 4.99 Å². The van der Waals surface area contributed by atoms with Crippen molar-refractivity contribution in [3.05, 3.63) is 0 Å². The number of quaternary nitrogens is 1. The second-order valence-corrected chi connectivity index (χ2v) is 5.41. The zero-order valence-electron chi connectivity index (χ0n) is 11.1. The van der Waals surface area contributed by atoms with Gasteiger partial charge in [-0.15, -0.1) is 9.58 Å². The molecule has 1 N–H and O–H groups in total. The molecule has 1 aliphatic carbocycles. The van der Waals surface area contributed by atoms with Crippen molar-refractivity contribution in [2.24, 2.45) is 21.0 Å². The molecule has 102 valence electrons. The number of guanidine groups is 1. The maximum Gasteiger partial charge on any atom is 0.367 e. The number of morpholine rings is 1. The molecule has 3 aliphatic rings. The Hall–Kier alpha value is -1.36. The second kappa shape index (κ2) is 5.33. The highest BCUT2D eigenvalue weighted by Crippen LogP contribution is 2.30. The summed E-state index contributed by atoms with van der Waals surface area (Å²) < 4.78 is 5.83. The Balaban J connectivity index is 1.88. The van der Waals surface area contributed by atoms with Crippen LogP contribution in [0.2, 0.25) is 0 Å². The number of aliphatic imine (C=N–C) groups is 2. The first-order chi connectivity index (χ1) is 9.34. The van der Waals surface area contributed by atoms with E-state index in [2.05, 4.69) is 16.0 Å². The van der Waals surface area contributed by atoms with Gasteiger partial charge in [0.1, 0.15) is 13.1 Å². The fraction of sp³-hybridized carbons (Fsp3) is 0.769. The first-order valence-electron chi connectivity index (χ1n) is 7.11.